The van der Waals surface area contributed by atoms with Gasteiger partial charge in [0.1, 0.15) is 5.82 Å². The molecule has 0 aliphatic carbocycles. The summed E-state index contributed by atoms with van der Waals surface area (Å²) in [6.45, 7) is 4.65. The van der Waals surface area contributed by atoms with Gasteiger partial charge in [0, 0.05) is 19.7 Å². The molecule has 0 saturated carbocycles. The van der Waals surface area contributed by atoms with Crippen molar-refractivity contribution < 1.29 is 23.8 Å². The van der Waals surface area contributed by atoms with Gasteiger partial charge in [0.15, 0.2) is 0 Å². The van der Waals surface area contributed by atoms with E-state index in [1.165, 1.54) is 19.2 Å². The van der Waals surface area contributed by atoms with Gasteiger partial charge in [-0.15, -0.1) is 0 Å². The highest BCUT2D eigenvalue weighted by Crippen LogP contribution is 2.17. The summed E-state index contributed by atoms with van der Waals surface area (Å²) in [7, 11) is 1.54. The number of ether oxygens (including phenoxy) is 1. The van der Waals surface area contributed by atoms with Crippen LogP contribution in [0.5, 0.6) is 0 Å². The molecule has 0 heterocycles. The van der Waals surface area contributed by atoms with Crippen LogP contribution in [-0.2, 0) is 4.74 Å². The molecule has 1 aromatic rings. The lowest BCUT2D eigenvalue weighted by atomic mass is 10.1. The zero-order chi connectivity index (χ0) is 16.7. The molecule has 1 aromatic carbocycles. The average Bonchev–Trinajstić information content (AvgIpc) is 2.50. The Morgan fingerprint density at radius 1 is 1.32 bits per heavy atom. The molecule has 0 unspecified atom stereocenters. The monoisotopic (exact) mass is 311 g/mol. The van der Waals surface area contributed by atoms with E-state index >= 15 is 0 Å². The van der Waals surface area contributed by atoms with Crippen molar-refractivity contribution in [3.8, 4) is 0 Å². The van der Waals surface area contributed by atoms with Crippen molar-refractivity contribution in [1.82, 2.24) is 4.90 Å². The number of halogens is 1. The fourth-order valence-corrected chi connectivity index (χ4v) is 2.35. The number of amides is 1. The van der Waals surface area contributed by atoms with Gasteiger partial charge in [-0.25, -0.2) is 9.18 Å². The quantitative estimate of drug-likeness (QED) is 0.801. The largest absolute Gasteiger partial charge is 0.478 e. The molecule has 0 aliphatic heterocycles. The van der Waals surface area contributed by atoms with Crippen LogP contribution in [0.15, 0.2) is 18.2 Å². The summed E-state index contributed by atoms with van der Waals surface area (Å²) in [5, 5.41) is 8.85. The molecular formula is C16H22FNO4. The third-order valence-electron chi connectivity index (χ3n) is 3.63. The van der Waals surface area contributed by atoms with Gasteiger partial charge in [-0.05, 0) is 31.0 Å². The maximum Gasteiger partial charge on any atom is 0.335 e. The minimum absolute atomic E-state index is 0.0128. The number of carbonyl (C=O) groups is 2. The second-order valence-electron chi connectivity index (χ2n) is 4.96. The van der Waals surface area contributed by atoms with Gasteiger partial charge in [-0.2, -0.15) is 0 Å². The maximum absolute atomic E-state index is 14.1. The summed E-state index contributed by atoms with van der Waals surface area (Å²) in [5.74, 6) is -2.49. The van der Waals surface area contributed by atoms with Crippen molar-refractivity contribution in [3.63, 3.8) is 0 Å². The molecule has 1 amide bonds. The van der Waals surface area contributed by atoms with Gasteiger partial charge in [-0.1, -0.05) is 13.8 Å². The minimum Gasteiger partial charge on any atom is -0.478 e. The highest BCUT2D eigenvalue weighted by Gasteiger charge is 2.25. The number of methoxy groups -OCH3 is 1. The normalized spacial score (nSPS) is 10.8. The predicted molar refractivity (Wildman–Crippen MR) is 80.6 cm³/mol. The number of hydrogen-bond acceptors (Lipinski definition) is 3. The summed E-state index contributed by atoms with van der Waals surface area (Å²) in [4.78, 5) is 25.0. The van der Waals surface area contributed by atoms with Crippen molar-refractivity contribution in [2.24, 2.45) is 0 Å². The van der Waals surface area contributed by atoms with E-state index in [2.05, 4.69) is 0 Å². The van der Waals surface area contributed by atoms with Crippen LogP contribution in [0, 0.1) is 5.82 Å². The molecule has 0 spiro atoms. The van der Waals surface area contributed by atoms with Gasteiger partial charge >= 0.3 is 5.97 Å². The lowest BCUT2D eigenvalue weighted by Gasteiger charge is -2.30. The van der Waals surface area contributed by atoms with Crippen molar-refractivity contribution in [1.29, 1.82) is 0 Å². The lowest BCUT2D eigenvalue weighted by molar-refractivity contribution is 0.0583. The van der Waals surface area contributed by atoms with Gasteiger partial charge in [-0.3, -0.25) is 4.79 Å². The van der Waals surface area contributed by atoms with E-state index in [1.54, 1.807) is 4.90 Å². The van der Waals surface area contributed by atoms with E-state index in [4.69, 9.17) is 9.84 Å². The first-order valence-electron chi connectivity index (χ1n) is 7.28. The van der Waals surface area contributed by atoms with Gasteiger partial charge in [0.05, 0.1) is 17.7 Å². The van der Waals surface area contributed by atoms with Crippen LogP contribution < -0.4 is 0 Å². The third kappa shape index (κ3) is 4.27. The van der Waals surface area contributed by atoms with E-state index in [0.29, 0.717) is 13.2 Å². The zero-order valence-corrected chi connectivity index (χ0v) is 13.1. The maximum atomic E-state index is 14.1. The number of benzene rings is 1. The van der Waals surface area contributed by atoms with E-state index in [9.17, 15) is 14.0 Å². The number of nitrogens with zero attached hydrogens (tertiary/aromatic N) is 1. The van der Waals surface area contributed by atoms with Crippen molar-refractivity contribution in [2.75, 3.05) is 20.3 Å². The third-order valence-corrected chi connectivity index (χ3v) is 3.63. The SMILES string of the molecule is CCC(CC)N(CCOC)C(=O)c1ccc(C(=O)O)cc1F. The molecule has 0 atom stereocenters. The second kappa shape index (κ2) is 8.48. The van der Waals surface area contributed by atoms with E-state index in [0.717, 1.165) is 18.9 Å². The Balaban J connectivity index is 3.09. The Bertz CT molecular complexity index is 529. The van der Waals surface area contributed by atoms with E-state index in [1.807, 2.05) is 13.8 Å². The smallest absolute Gasteiger partial charge is 0.335 e. The summed E-state index contributed by atoms with van der Waals surface area (Å²) in [6, 6.07) is 3.32. The average molecular weight is 311 g/mol. The first-order valence-corrected chi connectivity index (χ1v) is 7.28. The van der Waals surface area contributed by atoms with Gasteiger partial charge < -0.3 is 14.7 Å². The summed E-state index contributed by atoms with van der Waals surface area (Å²) < 4.78 is 19.1. The standard InChI is InChI=1S/C16H22FNO4/c1-4-12(5-2)18(8-9-22-3)15(19)13-7-6-11(16(20)21)10-14(13)17/h6-7,10,12H,4-5,8-9H2,1-3H3,(H,20,21). The molecule has 5 nitrogen and oxygen atoms in total. The van der Waals surface area contributed by atoms with Gasteiger partial charge in [0.2, 0.25) is 0 Å². The molecule has 1 rings (SSSR count). The van der Waals surface area contributed by atoms with Crippen molar-refractivity contribution in [3.05, 3.63) is 35.1 Å². The Labute approximate surface area is 129 Å². The molecule has 1 N–H and O–H groups in total. The van der Waals surface area contributed by atoms with E-state index < -0.39 is 17.7 Å². The van der Waals surface area contributed by atoms with E-state index in [-0.39, 0.29) is 17.2 Å². The zero-order valence-electron chi connectivity index (χ0n) is 13.1. The van der Waals surface area contributed by atoms with Crippen LogP contribution >= 0.6 is 0 Å². The summed E-state index contributed by atoms with van der Waals surface area (Å²) in [5.41, 5.74) is -0.298. The molecule has 0 bridgehead atoms. The van der Waals surface area contributed by atoms with Crippen molar-refractivity contribution >= 4 is 11.9 Å². The molecule has 122 valence electrons. The summed E-state index contributed by atoms with van der Waals surface area (Å²) in [6.07, 6.45) is 1.50. The predicted octanol–water partition coefficient (Wildman–Crippen LogP) is 2.80. The Hall–Kier alpha value is -1.95. The number of aromatic carboxylic acids is 1. The minimum atomic E-state index is -1.23. The van der Waals surface area contributed by atoms with Crippen LogP contribution in [0.25, 0.3) is 0 Å². The molecule has 0 fully saturated rings. The number of rotatable bonds is 8. The molecule has 6 heteroatoms. The van der Waals surface area contributed by atoms with Crippen LogP contribution in [0.2, 0.25) is 0 Å². The topological polar surface area (TPSA) is 66.8 Å². The fraction of sp³-hybridized carbons (Fsp3) is 0.500. The van der Waals surface area contributed by atoms with Crippen LogP contribution in [0.3, 0.4) is 0 Å². The summed E-state index contributed by atoms with van der Waals surface area (Å²) >= 11 is 0. The Morgan fingerprint density at radius 3 is 2.41 bits per heavy atom. The molecule has 0 saturated heterocycles. The lowest BCUT2D eigenvalue weighted by Crippen LogP contribution is -2.42. The first kappa shape index (κ1) is 18.1. The van der Waals surface area contributed by atoms with Crippen LogP contribution in [0.4, 0.5) is 4.39 Å². The molecule has 0 aromatic heterocycles. The Morgan fingerprint density at radius 2 is 1.95 bits per heavy atom. The van der Waals surface area contributed by atoms with Gasteiger partial charge in [0.25, 0.3) is 5.91 Å². The molecule has 0 aliphatic rings. The highest BCUT2D eigenvalue weighted by atomic mass is 19.1. The number of carboxylic acid groups (broad SMARTS) is 1. The molecule has 22 heavy (non-hydrogen) atoms. The van der Waals surface area contributed by atoms with Crippen molar-refractivity contribution in [2.45, 2.75) is 32.7 Å². The van der Waals surface area contributed by atoms with Crippen LogP contribution in [0.1, 0.15) is 47.4 Å². The number of carboxylic acids is 1. The second-order valence-corrected chi connectivity index (χ2v) is 4.96. The molecule has 0 radical (unpaired) electrons. The molecular weight excluding hydrogens is 289 g/mol. The van der Waals surface area contributed by atoms with Crippen LogP contribution in [-0.4, -0.2) is 48.2 Å². The number of carbonyl (C=O) groups excluding carboxylic acids is 1. The number of hydrogen-bond donors (Lipinski definition) is 1. The first-order chi connectivity index (χ1) is 10.5. The highest BCUT2D eigenvalue weighted by molar-refractivity contribution is 5.96. The Kier molecular flexibility index (Phi) is 6.98. The fourth-order valence-electron chi connectivity index (χ4n) is 2.35.